The lowest BCUT2D eigenvalue weighted by Crippen LogP contribution is -2.44. The molecule has 0 spiro atoms. The number of aromatic amines is 1. The zero-order valence-electron chi connectivity index (χ0n) is 15.3. The molecule has 1 atom stereocenters. The molecule has 2 aliphatic rings. The Hall–Kier alpha value is -3.01. The predicted molar refractivity (Wildman–Crippen MR) is 102 cm³/mol. The van der Waals surface area contributed by atoms with E-state index < -0.39 is 11.7 Å². The summed E-state index contributed by atoms with van der Waals surface area (Å²) in [5.41, 5.74) is 0.445. The summed E-state index contributed by atoms with van der Waals surface area (Å²) >= 11 is 5.52. The summed E-state index contributed by atoms with van der Waals surface area (Å²) in [6.07, 6.45) is 1.72. The molecule has 0 bridgehead atoms. The van der Waals surface area contributed by atoms with E-state index >= 15 is 0 Å². The van der Waals surface area contributed by atoms with Crippen molar-refractivity contribution in [3.05, 3.63) is 46.4 Å². The number of amides is 2. The lowest BCUT2D eigenvalue weighted by molar-refractivity contribution is -0.746. The first-order valence-corrected chi connectivity index (χ1v) is 9.41. The molecule has 9 nitrogen and oxygen atoms in total. The molecular weight excluding hydrogens is 382 g/mol. The summed E-state index contributed by atoms with van der Waals surface area (Å²) in [4.78, 5) is 40.7. The Morgan fingerprint density at radius 2 is 2.04 bits per heavy atom. The number of carbonyl (C=O) groups is 2. The van der Waals surface area contributed by atoms with Crippen molar-refractivity contribution in [2.45, 2.75) is 37.9 Å². The quantitative estimate of drug-likeness (QED) is 0.532. The van der Waals surface area contributed by atoms with Gasteiger partial charge in [-0.1, -0.05) is 22.9 Å². The zero-order chi connectivity index (χ0) is 19.8. The molecule has 2 amide bonds. The van der Waals surface area contributed by atoms with Crippen LogP contribution in [0.5, 0.6) is 0 Å². The van der Waals surface area contributed by atoms with Crippen molar-refractivity contribution in [2.24, 2.45) is 7.05 Å². The average molecular weight is 402 g/mol. The highest BCUT2D eigenvalue weighted by Crippen LogP contribution is 2.34. The minimum atomic E-state index is -0.758. The van der Waals surface area contributed by atoms with Crippen LogP contribution in [0.25, 0.3) is 0 Å². The van der Waals surface area contributed by atoms with Crippen LogP contribution < -0.4 is 15.6 Å². The van der Waals surface area contributed by atoms with E-state index in [2.05, 4.69) is 10.6 Å². The van der Waals surface area contributed by atoms with Crippen molar-refractivity contribution >= 4 is 34.8 Å². The molecule has 1 aliphatic heterocycles. The third kappa shape index (κ3) is 3.42. The smallest absolute Gasteiger partial charge is 0.326 e. The monoisotopic (exact) mass is 402 g/mol. The highest BCUT2D eigenvalue weighted by atomic mass is 32.1. The molecule has 28 heavy (non-hydrogen) atoms. The number of H-pyrrole nitrogens is 1. The molecule has 0 radical (unpaired) electrons. The number of aryl methyl sites for hydroxylation is 1. The number of nitrogens with zero attached hydrogens (tertiary/aromatic N) is 3. The molecule has 1 unspecified atom stereocenters. The number of carbonyl (C=O) groups excluding carboxylic acids is 2. The van der Waals surface area contributed by atoms with E-state index in [4.69, 9.17) is 16.7 Å². The average Bonchev–Trinajstić information content (AvgIpc) is 3.41. The van der Waals surface area contributed by atoms with Crippen molar-refractivity contribution in [3.8, 4) is 0 Å². The molecule has 2 fully saturated rings. The fraction of sp³-hybridized carbons (Fsp3) is 0.389. The van der Waals surface area contributed by atoms with E-state index in [1.54, 1.807) is 29.0 Å². The normalized spacial score (nSPS) is 19.4. The summed E-state index contributed by atoms with van der Waals surface area (Å²) in [5, 5.41) is 5.60. The fourth-order valence-electron chi connectivity index (χ4n) is 3.31. The van der Waals surface area contributed by atoms with E-state index in [-0.39, 0.29) is 30.8 Å². The Kier molecular flexibility index (Phi) is 4.71. The van der Waals surface area contributed by atoms with Gasteiger partial charge in [-0.25, -0.2) is 4.79 Å². The number of rotatable bonds is 6. The van der Waals surface area contributed by atoms with Gasteiger partial charge < -0.3 is 10.2 Å². The lowest BCUT2D eigenvalue weighted by atomic mass is 10.1. The topological polar surface area (TPSA) is 103 Å². The maximum absolute atomic E-state index is 13.0. The Balaban J connectivity index is 1.56. The molecule has 1 aromatic carbocycles. The van der Waals surface area contributed by atoms with Crippen LogP contribution in [0.2, 0.25) is 0 Å². The molecule has 1 aliphatic carbocycles. The van der Waals surface area contributed by atoms with Crippen LogP contribution >= 0.6 is 12.2 Å². The third-order valence-corrected chi connectivity index (χ3v) is 5.37. The summed E-state index contributed by atoms with van der Waals surface area (Å²) < 4.78 is 6.23. The number of nitrogens with one attached hydrogen (secondary N) is 2. The second-order valence-corrected chi connectivity index (χ2v) is 7.34. The SMILES string of the molecule is C[n+]1[nH]oc(=O)c1CN1C(=S)N(C2CC2)C(=O)C1CC(=O)Nc1ccccc1. The standard InChI is InChI=1S/C18H19N5O4S/c1-21-14(17(26)27-20-21)10-22-13(16(25)23(18(22)28)12-7-8-12)9-15(24)19-11-5-3-2-4-6-11/h2-6,12-13H,7-10H2,1H3,(H-,19,20,24,26)/p+1. The van der Waals surface area contributed by atoms with E-state index in [1.807, 2.05) is 18.2 Å². The summed E-state index contributed by atoms with van der Waals surface area (Å²) in [7, 11) is 1.64. The summed E-state index contributed by atoms with van der Waals surface area (Å²) in [6, 6.07) is 8.37. The van der Waals surface area contributed by atoms with Crippen molar-refractivity contribution in [2.75, 3.05) is 5.32 Å². The van der Waals surface area contributed by atoms with Crippen LogP contribution in [0.3, 0.4) is 0 Å². The zero-order valence-corrected chi connectivity index (χ0v) is 16.1. The van der Waals surface area contributed by atoms with Crippen LogP contribution in [0.4, 0.5) is 5.69 Å². The molecule has 2 aromatic rings. The van der Waals surface area contributed by atoms with Gasteiger partial charge in [0.15, 0.2) is 12.2 Å². The first-order chi connectivity index (χ1) is 13.5. The van der Waals surface area contributed by atoms with E-state index in [1.165, 1.54) is 4.68 Å². The van der Waals surface area contributed by atoms with Crippen LogP contribution in [0.1, 0.15) is 25.0 Å². The van der Waals surface area contributed by atoms with Gasteiger partial charge in [0.05, 0.1) is 6.42 Å². The molecule has 146 valence electrons. The number of hydrogen-bond acceptors (Lipinski definition) is 5. The van der Waals surface area contributed by atoms with E-state index in [0.717, 1.165) is 12.8 Å². The second-order valence-electron chi connectivity index (χ2n) is 6.97. The third-order valence-electron chi connectivity index (χ3n) is 4.93. The maximum atomic E-state index is 13.0. The molecular formula is C18H20N5O4S+. The summed E-state index contributed by atoms with van der Waals surface area (Å²) in [5.74, 6) is -0.487. The van der Waals surface area contributed by atoms with Gasteiger partial charge in [0.2, 0.25) is 5.91 Å². The number of thiocarbonyl (C=S) groups is 1. The van der Waals surface area contributed by atoms with Gasteiger partial charge in [-0.2, -0.15) is 0 Å². The van der Waals surface area contributed by atoms with E-state index in [9.17, 15) is 14.4 Å². The second kappa shape index (κ2) is 7.19. The Bertz CT molecular complexity index is 981. The lowest BCUT2D eigenvalue weighted by Gasteiger charge is -2.21. The molecule has 1 aromatic heterocycles. The first kappa shape index (κ1) is 18.4. The highest BCUT2D eigenvalue weighted by molar-refractivity contribution is 7.80. The Morgan fingerprint density at radius 1 is 1.32 bits per heavy atom. The number of para-hydroxylation sites is 1. The number of benzene rings is 1. The highest BCUT2D eigenvalue weighted by Gasteiger charge is 2.50. The van der Waals surface area contributed by atoms with Crippen LogP contribution in [0.15, 0.2) is 39.6 Å². The molecule has 1 saturated carbocycles. The van der Waals surface area contributed by atoms with Crippen LogP contribution in [0, 0.1) is 0 Å². The van der Waals surface area contributed by atoms with Gasteiger partial charge in [0, 0.05) is 11.7 Å². The van der Waals surface area contributed by atoms with Gasteiger partial charge in [-0.05, 0) is 42.5 Å². The van der Waals surface area contributed by atoms with E-state index in [0.29, 0.717) is 16.5 Å². The van der Waals surface area contributed by atoms with Gasteiger partial charge in [-0.15, -0.1) is 0 Å². The van der Waals surface area contributed by atoms with Crippen molar-refractivity contribution in [3.63, 3.8) is 0 Å². The predicted octanol–water partition coefficient (Wildman–Crippen LogP) is 0.281. The molecule has 4 rings (SSSR count). The number of aromatic nitrogens is 2. The number of hydrogen-bond donors (Lipinski definition) is 2. The van der Waals surface area contributed by atoms with Crippen molar-refractivity contribution in [1.82, 2.24) is 15.1 Å². The molecule has 1 saturated heterocycles. The fourth-order valence-corrected chi connectivity index (χ4v) is 3.74. The molecule has 2 heterocycles. The number of anilines is 1. The Labute approximate surface area is 165 Å². The maximum Gasteiger partial charge on any atom is 0.431 e. The van der Waals surface area contributed by atoms with Gasteiger partial charge in [0.25, 0.3) is 5.91 Å². The minimum absolute atomic E-state index is 0.0590. The Morgan fingerprint density at radius 3 is 2.64 bits per heavy atom. The van der Waals surface area contributed by atoms with Gasteiger partial charge >= 0.3 is 11.3 Å². The molecule has 2 N–H and O–H groups in total. The summed E-state index contributed by atoms with van der Waals surface area (Å²) in [6.45, 7) is 0.0827. The van der Waals surface area contributed by atoms with Gasteiger partial charge in [0.1, 0.15) is 12.6 Å². The van der Waals surface area contributed by atoms with Crippen molar-refractivity contribution in [1.29, 1.82) is 0 Å². The van der Waals surface area contributed by atoms with Gasteiger partial charge in [-0.3, -0.25) is 19.0 Å². The minimum Gasteiger partial charge on any atom is -0.326 e. The van der Waals surface area contributed by atoms with Crippen LogP contribution in [-0.2, 0) is 23.2 Å². The molecule has 10 heteroatoms. The largest absolute Gasteiger partial charge is 0.431 e. The van der Waals surface area contributed by atoms with Crippen molar-refractivity contribution < 1.29 is 18.8 Å². The van der Waals surface area contributed by atoms with Crippen LogP contribution in [-0.4, -0.2) is 44.1 Å². The first-order valence-electron chi connectivity index (χ1n) is 9.00.